The normalized spacial score (nSPS) is 17.9. The maximum absolute atomic E-state index is 13.6. The predicted molar refractivity (Wildman–Crippen MR) is 202 cm³/mol. The fraction of sp³-hybridized carbons (Fsp3) is 0.545. The van der Waals surface area contributed by atoms with Gasteiger partial charge >= 0.3 is 11.9 Å². The first-order chi connectivity index (χ1) is 23.8. The molecule has 1 N–H and O–H groups in total. The van der Waals surface area contributed by atoms with Crippen molar-refractivity contribution in [1.82, 2.24) is 0 Å². The number of carbonyl (C=O) groups excluding carboxylic acids is 2. The minimum Gasteiger partial charge on any atom is -0.508 e. The highest BCUT2D eigenvalue weighted by Crippen LogP contribution is 2.54. The summed E-state index contributed by atoms with van der Waals surface area (Å²) in [5.74, 6) is -0.680. The Bertz CT molecular complexity index is 1600. The third kappa shape index (κ3) is 10.4. The van der Waals surface area contributed by atoms with Gasteiger partial charge in [0.2, 0.25) is 0 Å². The van der Waals surface area contributed by atoms with E-state index < -0.39 is 17.5 Å². The molecule has 0 radical (unpaired) electrons. The number of rotatable bonds is 15. The molecule has 2 aromatic rings. The van der Waals surface area contributed by atoms with Crippen LogP contribution in [0.2, 0.25) is 0 Å². The zero-order valence-electron chi connectivity index (χ0n) is 31.9. The molecule has 6 nitrogen and oxygen atoms in total. The molecule has 0 aromatic heterocycles. The first kappa shape index (κ1) is 39.0. The molecule has 0 bridgehead atoms. The van der Waals surface area contributed by atoms with E-state index in [2.05, 4.69) is 73.6 Å². The number of hydrogen-bond acceptors (Lipinski definition) is 6. The summed E-state index contributed by atoms with van der Waals surface area (Å²) in [5.41, 5.74) is 6.52. The molecule has 0 saturated carbocycles. The molecule has 0 saturated heterocycles. The molecule has 4 rings (SSSR count). The zero-order valence-corrected chi connectivity index (χ0v) is 31.9. The summed E-state index contributed by atoms with van der Waals surface area (Å²) in [7, 11) is 0. The van der Waals surface area contributed by atoms with Gasteiger partial charge in [0, 0.05) is 23.0 Å². The third-order valence-corrected chi connectivity index (χ3v) is 10.2. The number of unbranched alkanes of at least 4 members (excludes halogenated alkanes) is 4. The van der Waals surface area contributed by atoms with Gasteiger partial charge in [-0.15, -0.1) is 0 Å². The van der Waals surface area contributed by atoms with Crippen molar-refractivity contribution in [3.8, 4) is 23.0 Å². The molecule has 0 spiro atoms. The van der Waals surface area contributed by atoms with E-state index in [1.54, 1.807) is 12.1 Å². The van der Waals surface area contributed by atoms with Crippen LogP contribution in [0.5, 0.6) is 23.0 Å². The van der Waals surface area contributed by atoms with Crippen LogP contribution in [0.25, 0.3) is 0 Å². The SMILES string of the molecule is CCCCCc1cc(O)c(C/C=C(\C)CCC=C(C)C)c(OC(=O)C(=O)Oc2cc(CCCCC)cc3c2[C@@H]2C=C(C)CC[C@H]2C(C)(C)O3)c1. The highest BCUT2D eigenvalue weighted by molar-refractivity contribution is 6.31. The molecule has 50 heavy (non-hydrogen) atoms. The lowest BCUT2D eigenvalue weighted by atomic mass is 9.68. The molecule has 0 amide bonds. The zero-order chi connectivity index (χ0) is 36.4. The van der Waals surface area contributed by atoms with Crippen LogP contribution in [0.3, 0.4) is 0 Å². The monoisotopic (exact) mass is 684 g/mol. The third-order valence-electron chi connectivity index (χ3n) is 10.2. The van der Waals surface area contributed by atoms with Crippen LogP contribution < -0.4 is 14.2 Å². The first-order valence-corrected chi connectivity index (χ1v) is 18.9. The van der Waals surface area contributed by atoms with Crippen molar-refractivity contribution in [3.63, 3.8) is 0 Å². The molecule has 1 aliphatic heterocycles. The molecule has 0 unspecified atom stereocenters. The number of phenols is 1. The van der Waals surface area contributed by atoms with Gasteiger partial charge in [0.1, 0.15) is 28.6 Å². The van der Waals surface area contributed by atoms with Gasteiger partial charge in [-0.1, -0.05) is 74.5 Å². The average Bonchev–Trinajstić information content (AvgIpc) is 3.03. The molecular weight excluding hydrogens is 624 g/mol. The van der Waals surface area contributed by atoms with E-state index in [9.17, 15) is 14.7 Å². The molecule has 2 atom stereocenters. The Balaban J connectivity index is 1.65. The fourth-order valence-electron chi connectivity index (χ4n) is 7.32. The van der Waals surface area contributed by atoms with E-state index in [1.165, 1.54) is 16.7 Å². The van der Waals surface area contributed by atoms with Crippen molar-refractivity contribution < 1.29 is 28.9 Å². The molecule has 6 heteroatoms. The first-order valence-electron chi connectivity index (χ1n) is 18.9. The molecule has 1 aliphatic carbocycles. The molecule has 272 valence electrons. The van der Waals surface area contributed by atoms with Gasteiger partial charge in [0.05, 0.1) is 0 Å². The van der Waals surface area contributed by atoms with Crippen LogP contribution in [-0.4, -0.2) is 22.6 Å². The molecule has 0 fully saturated rings. The summed E-state index contributed by atoms with van der Waals surface area (Å²) in [6.07, 6.45) is 18.5. The number of phenolic OH excluding ortho intramolecular Hbond substituents is 1. The Morgan fingerprint density at radius 3 is 2.16 bits per heavy atom. The highest BCUT2D eigenvalue weighted by atomic mass is 16.6. The van der Waals surface area contributed by atoms with Gasteiger partial charge in [0.25, 0.3) is 0 Å². The van der Waals surface area contributed by atoms with E-state index in [4.69, 9.17) is 14.2 Å². The van der Waals surface area contributed by atoms with Crippen molar-refractivity contribution in [2.45, 2.75) is 150 Å². The standard InChI is InChI=1S/C44H60O6/c1-9-11-13-18-32-25-37(45)34(22-20-30(5)17-15-16-29(3)4)38(26-32)48-42(46)43(47)49-39-27-33(19-14-12-10-2)28-40-41(39)35-24-31(6)21-23-36(35)44(7,8)50-40/h16,20,24-28,35-36,45H,9-15,17-19,21-23H2,1-8H3/b30-20+/t35-,36-/m1/s1. The van der Waals surface area contributed by atoms with Gasteiger partial charge in [-0.2, -0.15) is 0 Å². The van der Waals surface area contributed by atoms with Crippen molar-refractivity contribution in [3.05, 3.63) is 81.5 Å². The minimum absolute atomic E-state index is 0.00104. The number of benzene rings is 2. The lowest BCUT2D eigenvalue weighted by Gasteiger charge is -2.46. The minimum atomic E-state index is -1.12. The number of hydrogen-bond donors (Lipinski definition) is 1. The Morgan fingerprint density at radius 1 is 0.900 bits per heavy atom. The summed E-state index contributed by atoms with van der Waals surface area (Å²) in [6.45, 7) is 17.0. The van der Waals surface area contributed by atoms with Gasteiger partial charge < -0.3 is 19.3 Å². The van der Waals surface area contributed by atoms with Crippen molar-refractivity contribution in [2.24, 2.45) is 5.92 Å². The lowest BCUT2D eigenvalue weighted by molar-refractivity contribution is -0.156. The van der Waals surface area contributed by atoms with E-state index >= 15 is 0 Å². The Labute approximate surface area is 301 Å². The van der Waals surface area contributed by atoms with Crippen LogP contribution in [0, 0.1) is 5.92 Å². The number of fused-ring (bicyclic) bond motifs is 3. The highest BCUT2D eigenvalue weighted by Gasteiger charge is 2.46. The summed E-state index contributed by atoms with van der Waals surface area (Å²) in [6, 6.07) is 7.53. The lowest BCUT2D eigenvalue weighted by Crippen LogP contribution is -2.45. The largest absolute Gasteiger partial charge is 0.508 e. The molecule has 2 aromatic carbocycles. The summed E-state index contributed by atoms with van der Waals surface area (Å²) < 4.78 is 18.4. The number of ether oxygens (including phenoxy) is 3. The molecular formula is C44H60O6. The summed E-state index contributed by atoms with van der Waals surface area (Å²) in [4.78, 5) is 27.2. The van der Waals surface area contributed by atoms with E-state index in [-0.39, 0.29) is 23.3 Å². The molecule has 1 heterocycles. The van der Waals surface area contributed by atoms with Crippen molar-refractivity contribution >= 4 is 11.9 Å². The quantitative estimate of drug-likeness (QED) is 0.0661. The van der Waals surface area contributed by atoms with E-state index in [0.717, 1.165) is 93.7 Å². The Kier molecular flexibility index (Phi) is 14.0. The van der Waals surface area contributed by atoms with Crippen molar-refractivity contribution in [2.75, 3.05) is 0 Å². The smallest absolute Gasteiger partial charge is 0.423 e. The van der Waals surface area contributed by atoms with E-state index in [0.29, 0.717) is 23.5 Å². The number of allylic oxidation sites excluding steroid dienone is 6. The number of esters is 2. The average molecular weight is 685 g/mol. The van der Waals surface area contributed by atoms with Crippen LogP contribution in [0.1, 0.15) is 148 Å². The number of aryl methyl sites for hydroxylation is 2. The maximum atomic E-state index is 13.6. The van der Waals surface area contributed by atoms with Crippen LogP contribution in [0.15, 0.2) is 59.2 Å². The van der Waals surface area contributed by atoms with Gasteiger partial charge in [-0.25, -0.2) is 9.59 Å². The molecule has 2 aliphatic rings. The fourth-order valence-corrected chi connectivity index (χ4v) is 7.32. The second-order valence-electron chi connectivity index (χ2n) is 15.3. The van der Waals surface area contributed by atoms with Gasteiger partial charge in [-0.3, -0.25) is 0 Å². The summed E-state index contributed by atoms with van der Waals surface area (Å²) in [5, 5.41) is 11.1. The van der Waals surface area contributed by atoms with Crippen LogP contribution in [0.4, 0.5) is 0 Å². The second-order valence-corrected chi connectivity index (χ2v) is 15.3. The number of aromatic hydroxyl groups is 1. The summed E-state index contributed by atoms with van der Waals surface area (Å²) >= 11 is 0. The van der Waals surface area contributed by atoms with Gasteiger partial charge in [-0.05, 0) is 135 Å². The Morgan fingerprint density at radius 2 is 1.52 bits per heavy atom. The Hall–Kier alpha value is -3.80. The topological polar surface area (TPSA) is 82.1 Å². The second kappa shape index (κ2) is 17.9. The van der Waals surface area contributed by atoms with E-state index in [1.807, 2.05) is 12.1 Å². The maximum Gasteiger partial charge on any atom is 0.423 e. The number of carbonyl (C=O) groups is 2. The van der Waals surface area contributed by atoms with Crippen molar-refractivity contribution in [1.29, 1.82) is 0 Å². The van der Waals surface area contributed by atoms with Crippen LogP contribution in [-0.2, 0) is 28.9 Å². The van der Waals surface area contributed by atoms with Gasteiger partial charge in [0.15, 0.2) is 0 Å². The van der Waals surface area contributed by atoms with Crippen LogP contribution >= 0.6 is 0 Å². The predicted octanol–water partition coefficient (Wildman–Crippen LogP) is 11.2.